The molecular formula is C6H6NiP2S. The van der Waals surface area contributed by atoms with Crippen LogP contribution in [-0.4, -0.2) is 0 Å². The van der Waals surface area contributed by atoms with Gasteiger partial charge >= 0.3 is 26.9 Å². The van der Waals surface area contributed by atoms with Crippen molar-refractivity contribution >= 4 is 27.4 Å². The molecule has 0 nitrogen and oxygen atoms in total. The summed E-state index contributed by atoms with van der Waals surface area (Å²) in [5.41, 5.74) is 0. The molecule has 0 aromatic heterocycles. The molecule has 10 heavy (non-hydrogen) atoms. The van der Waals surface area contributed by atoms with Gasteiger partial charge in [0, 0.05) is 4.90 Å². The van der Waals surface area contributed by atoms with E-state index in [1.807, 2.05) is 30.3 Å². The van der Waals surface area contributed by atoms with Crippen LogP contribution in [0.5, 0.6) is 0 Å². The van der Waals surface area contributed by atoms with Crippen molar-refractivity contribution in [2.75, 3.05) is 0 Å². The number of benzene rings is 1. The summed E-state index contributed by atoms with van der Waals surface area (Å²) >= 11 is 5.10. The molecule has 0 radical (unpaired) electrons. The monoisotopic (exact) mass is 230 g/mol. The van der Waals surface area contributed by atoms with Gasteiger partial charge in [-0.1, -0.05) is 18.2 Å². The molecule has 0 aliphatic carbocycles. The van der Waals surface area contributed by atoms with E-state index in [0.717, 1.165) is 17.1 Å². The van der Waals surface area contributed by atoms with Gasteiger partial charge < -0.3 is 0 Å². The summed E-state index contributed by atoms with van der Waals surface area (Å²) in [6.45, 7) is 0. The zero-order valence-corrected chi connectivity index (χ0v) is 8.72. The fraction of sp³-hybridized carbons (Fsp3) is 0. The zero-order valence-electron chi connectivity index (χ0n) is 5.04. The van der Waals surface area contributed by atoms with Crippen molar-refractivity contribution in [3.63, 3.8) is 0 Å². The van der Waals surface area contributed by atoms with Gasteiger partial charge in [-0.25, -0.2) is 0 Å². The Morgan fingerprint density at radius 2 is 1.50 bits per heavy atom. The van der Waals surface area contributed by atoms with Gasteiger partial charge in [0.15, 0.2) is 0 Å². The van der Waals surface area contributed by atoms with E-state index in [4.69, 9.17) is 0 Å². The van der Waals surface area contributed by atoms with Gasteiger partial charge in [0.25, 0.3) is 0 Å². The Morgan fingerprint density at radius 1 is 1.10 bits per heavy atom. The van der Waals surface area contributed by atoms with E-state index < -0.39 is 0 Å². The van der Waals surface area contributed by atoms with Crippen LogP contribution in [0.1, 0.15) is 0 Å². The third kappa shape index (κ3) is 7.04. The summed E-state index contributed by atoms with van der Waals surface area (Å²) in [5, 5.41) is 0. The van der Waals surface area contributed by atoms with Gasteiger partial charge in [-0.15, -0.1) is 12.6 Å². The quantitative estimate of drug-likeness (QED) is 0.392. The van der Waals surface area contributed by atoms with E-state index in [1.54, 1.807) is 0 Å². The van der Waals surface area contributed by atoms with Crippen molar-refractivity contribution in [3.8, 4) is 0 Å². The minimum atomic E-state index is 1.01. The normalized spacial score (nSPS) is 7.50. The summed E-state index contributed by atoms with van der Waals surface area (Å²) in [5.74, 6) is 0. The van der Waals surface area contributed by atoms with Gasteiger partial charge in [0.2, 0.25) is 0 Å². The average Bonchev–Trinajstić information content (AvgIpc) is 1.91. The van der Waals surface area contributed by atoms with Crippen LogP contribution in [-0.2, 0) is 12.2 Å². The van der Waals surface area contributed by atoms with Gasteiger partial charge in [-0.3, -0.25) is 0 Å². The second-order valence-electron chi connectivity index (χ2n) is 1.40. The molecule has 0 aliphatic rings. The molecule has 0 fully saturated rings. The third-order valence-electron chi connectivity index (χ3n) is 0.756. The van der Waals surface area contributed by atoms with Crippen molar-refractivity contribution < 1.29 is 12.2 Å². The molecule has 1 aromatic rings. The van der Waals surface area contributed by atoms with Crippen molar-refractivity contribution in [2.24, 2.45) is 0 Å². The molecule has 0 saturated heterocycles. The molecule has 0 amide bonds. The van der Waals surface area contributed by atoms with Gasteiger partial charge in [0.05, 0.1) is 0 Å². The molecule has 4 heteroatoms. The van der Waals surface area contributed by atoms with Gasteiger partial charge in [0.1, 0.15) is 0 Å². The number of thiol groups is 1. The van der Waals surface area contributed by atoms with E-state index in [0.29, 0.717) is 0 Å². The van der Waals surface area contributed by atoms with Crippen molar-refractivity contribution in [1.82, 2.24) is 0 Å². The molecule has 0 unspecified atom stereocenters. The molecule has 56 valence electrons. The van der Waals surface area contributed by atoms with Gasteiger partial charge in [-0.2, -0.15) is 0 Å². The average molecular weight is 231 g/mol. The Labute approximate surface area is 74.8 Å². The van der Waals surface area contributed by atoms with E-state index >= 15 is 0 Å². The maximum absolute atomic E-state index is 4.08. The SMILES string of the molecule is Sc1ccccc1.[P]#[Ni]#[P]. The number of hydrogen-bond acceptors (Lipinski definition) is 1. The molecule has 0 atom stereocenters. The molecule has 0 saturated carbocycles. The van der Waals surface area contributed by atoms with Crippen LogP contribution in [0.15, 0.2) is 35.2 Å². The summed E-state index contributed by atoms with van der Waals surface area (Å²) in [4.78, 5) is 1.02. The van der Waals surface area contributed by atoms with Crippen LogP contribution in [0.3, 0.4) is 0 Å². The Kier molecular flexibility index (Phi) is 8.77. The van der Waals surface area contributed by atoms with Crippen LogP contribution >= 0.6 is 27.4 Å². The molecule has 0 bridgehead atoms. The number of rotatable bonds is 0. The summed E-state index contributed by atoms with van der Waals surface area (Å²) < 4.78 is 0. The Hall–Kier alpha value is 0.924. The fourth-order valence-electron chi connectivity index (χ4n) is 0.428. The second-order valence-corrected chi connectivity index (χ2v) is 4.20. The molecule has 0 heterocycles. The van der Waals surface area contributed by atoms with Crippen LogP contribution in [0.2, 0.25) is 0 Å². The first kappa shape index (κ1) is 10.9. The topological polar surface area (TPSA) is 0 Å². The van der Waals surface area contributed by atoms with Crippen LogP contribution in [0.25, 0.3) is 0 Å². The second kappa shape index (κ2) is 8.02. The van der Waals surface area contributed by atoms with E-state index in [2.05, 4.69) is 27.4 Å². The Bertz CT molecular complexity index is 286. The molecule has 1 aromatic carbocycles. The first-order chi connectivity index (χ1) is 4.81. The minimum absolute atomic E-state index is 1.01. The molecule has 0 aliphatic heterocycles. The van der Waals surface area contributed by atoms with E-state index in [-0.39, 0.29) is 0 Å². The van der Waals surface area contributed by atoms with Crippen LogP contribution < -0.4 is 0 Å². The predicted molar refractivity (Wildman–Crippen MR) is 47.5 cm³/mol. The fourth-order valence-corrected chi connectivity index (χ4v) is 0.600. The molecular weight excluding hydrogens is 225 g/mol. The van der Waals surface area contributed by atoms with E-state index in [9.17, 15) is 0 Å². The maximum atomic E-state index is 4.08. The molecule has 1 rings (SSSR count). The first-order valence-corrected chi connectivity index (χ1v) is 6.08. The summed E-state index contributed by atoms with van der Waals surface area (Å²) in [6.07, 6.45) is 0. The first-order valence-electron chi connectivity index (χ1n) is 2.42. The number of hydrogen-bond donors (Lipinski definition) is 1. The zero-order chi connectivity index (χ0) is 7.82. The van der Waals surface area contributed by atoms with Crippen molar-refractivity contribution in [3.05, 3.63) is 30.3 Å². The third-order valence-corrected chi connectivity index (χ3v) is 1.05. The molecule has 0 N–H and O–H groups in total. The standard InChI is InChI=1S/C6H6S.Ni.2P/c7-6-4-2-1-3-5-6;;;/h1-5,7H;;;. The predicted octanol–water partition coefficient (Wildman–Crippen LogP) is 3.70. The Balaban J connectivity index is 0.000000236. The Morgan fingerprint density at radius 3 is 1.70 bits per heavy atom. The van der Waals surface area contributed by atoms with Crippen LogP contribution in [0.4, 0.5) is 0 Å². The van der Waals surface area contributed by atoms with Crippen molar-refractivity contribution in [2.45, 2.75) is 4.90 Å². The van der Waals surface area contributed by atoms with Crippen LogP contribution in [0, 0.1) is 0 Å². The van der Waals surface area contributed by atoms with Crippen molar-refractivity contribution in [1.29, 1.82) is 0 Å². The summed E-state index contributed by atoms with van der Waals surface area (Å²) in [7, 11) is 7.18. The summed E-state index contributed by atoms with van der Waals surface area (Å²) in [6, 6.07) is 9.79. The van der Waals surface area contributed by atoms with E-state index in [1.165, 1.54) is 0 Å². The molecule has 0 spiro atoms. The van der Waals surface area contributed by atoms with Gasteiger partial charge in [-0.05, 0) is 12.1 Å².